The molecule has 3 aliphatic rings. The topological polar surface area (TPSA) is 34.1 Å². The standard InChI is InChI=1S/C21H30O2/c1-4-5-12-20(2)15(11-14-22)6-7-16-17-8-9-19(23)21(17,3)13-10-18(16)20/h6-7,11,14,16-18H,4-5,8-10,12-13H2,1-3H3/b15-11-/t16-,17?,18?,20-,21-/m0/s1. The van der Waals surface area contributed by atoms with E-state index in [1.54, 1.807) is 6.08 Å². The van der Waals surface area contributed by atoms with E-state index in [1.165, 1.54) is 18.4 Å². The summed E-state index contributed by atoms with van der Waals surface area (Å²) in [4.78, 5) is 23.5. The van der Waals surface area contributed by atoms with Gasteiger partial charge in [-0.1, -0.05) is 45.8 Å². The van der Waals surface area contributed by atoms with Gasteiger partial charge in [0.2, 0.25) is 0 Å². The molecule has 23 heavy (non-hydrogen) atoms. The molecule has 0 N–H and O–H groups in total. The quantitative estimate of drug-likeness (QED) is 0.547. The summed E-state index contributed by atoms with van der Waals surface area (Å²) in [7, 11) is 0. The summed E-state index contributed by atoms with van der Waals surface area (Å²) in [5.74, 6) is 2.07. The van der Waals surface area contributed by atoms with Crippen LogP contribution in [0.2, 0.25) is 0 Å². The van der Waals surface area contributed by atoms with Gasteiger partial charge in [0.05, 0.1) is 0 Å². The Labute approximate surface area is 140 Å². The van der Waals surface area contributed by atoms with Crippen molar-refractivity contribution >= 4 is 12.1 Å². The molecule has 0 aliphatic heterocycles. The first-order valence-corrected chi connectivity index (χ1v) is 9.35. The Morgan fingerprint density at radius 1 is 1.26 bits per heavy atom. The second-order valence-corrected chi connectivity index (χ2v) is 8.35. The molecule has 3 rings (SSSR count). The van der Waals surface area contributed by atoms with Crippen molar-refractivity contribution in [3.8, 4) is 0 Å². The van der Waals surface area contributed by atoms with Gasteiger partial charge in [-0.05, 0) is 60.5 Å². The van der Waals surface area contributed by atoms with Gasteiger partial charge in [-0.15, -0.1) is 0 Å². The Hall–Kier alpha value is -1.18. The molecule has 0 aromatic heterocycles. The van der Waals surface area contributed by atoms with Crippen LogP contribution in [0, 0.1) is 28.6 Å². The van der Waals surface area contributed by atoms with Crippen LogP contribution < -0.4 is 0 Å². The van der Waals surface area contributed by atoms with Gasteiger partial charge in [-0.3, -0.25) is 9.59 Å². The van der Waals surface area contributed by atoms with Gasteiger partial charge in [0.1, 0.15) is 12.1 Å². The predicted molar refractivity (Wildman–Crippen MR) is 93.0 cm³/mol. The number of ketones is 1. The molecule has 2 heteroatoms. The van der Waals surface area contributed by atoms with Crippen molar-refractivity contribution in [2.24, 2.45) is 28.6 Å². The third kappa shape index (κ3) is 2.45. The van der Waals surface area contributed by atoms with E-state index in [9.17, 15) is 9.59 Å². The number of hydrogen-bond donors (Lipinski definition) is 0. The summed E-state index contributed by atoms with van der Waals surface area (Å²) in [5.41, 5.74) is 1.20. The van der Waals surface area contributed by atoms with E-state index in [-0.39, 0.29) is 10.8 Å². The molecule has 0 spiro atoms. The molecule has 0 saturated heterocycles. The predicted octanol–water partition coefficient (Wildman–Crippen LogP) is 4.89. The Balaban J connectivity index is 1.98. The normalized spacial score (nSPS) is 44.2. The van der Waals surface area contributed by atoms with Crippen molar-refractivity contribution in [2.75, 3.05) is 0 Å². The van der Waals surface area contributed by atoms with E-state index in [0.717, 1.165) is 38.4 Å². The number of fused-ring (bicyclic) bond motifs is 3. The summed E-state index contributed by atoms with van der Waals surface area (Å²) >= 11 is 0. The fraction of sp³-hybridized carbons (Fsp3) is 0.714. The molecule has 5 atom stereocenters. The molecule has 0 heterocycles. The van der Waals surface area contributed by atoms with E-state index in [2.05, 4.69) is 32.9 Å². The molecule has 2 unspecified atom stereocenters. The lowest BCUT2D eigenvalue weighted by molar-refractivity contribution is -0.130. The first kappa shape index (κ1) is 16.7. The molecule has 0 amide bonds. The second-order valence-electron chi connectivity index (χ2n) is 8.35. The fourth-order valence-electron chi connectivity index (χ4n) is 5.79. The number of unbranched alkanes of at least 4 members (excludes halogenated alkanes) is 1. The minimum Gasteiger partial charge on any atom is -0.299 e. The van der Waals surface area contributed by atoms with Crippen molar-refractivity contribution in [3.63, 3.8) is 0 Å². The second kappa shape index (κ2) is 6.03. The Morgan fingerprint density at radius 2 is 2.04 bits per heavy atom. The number of rotatable bonds is 4. The zero-order valence-corrected chi connectivity index (χ0v) is 14.8. The van der Waals surface area contributed by atoms with Crippen LogP contribution >= 0.6 is 0 Å². The first-order valence-electron chi connectivity index (χ1n) is 9.35. The lowest BCUT2D eigenvalue weighted by Gasteiger charge is -2.53. The molecular weight excluding hydrogens is 284 g/mol. The van der Waals surface area contributed by atoms with E-state index in [0.29, 0.717) is 23.5 Å². The summed E-state index contributed by atoms with van der Waals surface area (Å²) in [6.07, 6.45) is 14.7. The van der Waals surface area contributed by atoms with E-state index < -0.39 is 0 Å². The van der Waals surface area contributed by atoms with Crippen LogP contribution in [0.3, 0.4) is 0 Å². The number of allylic oxidation sites excluding steroid dienone is 4. The molecule has 2 fully saturated rings. The molecule has 0 aromatic rings. The zero-order valence-electron chi connectivity index (χ0n) is 14.8. The number of carbonyl (C=O) groups excluding carboxylic acids is 2. The Bertz CT molecular complexity index is 558. The summed E-state index contributed by atoms with van der Waals surface area (Å²) in [5, 5.41) is 0. The SMILES string of the molecule is CCCC[C@@]1(C)/C(=C\C=O)C=C[C@@H]2C1CC[C@]1(C)C(=O)CCC21. The zero-order chi connectivity index (χ0) is 16.7. The Kier molecular flexibility index (Phi) is 4.37. The van der Waals surface area contributed by atoms with Gasteiger partial charge in [0.15, 0.2) is 0 Å². The molecule has 2 saturated carbocycles. The highest BCUT2D eigenvalue weighted by atomic mass is 16.1. The number of Topliss-reactive ketones (excluding diaryl/α,β-unsaturated/α-hetero) is 1. The monoisotopic (exact) mass is 314 g/mol. The lowest BCUT2D eigenvalue weighted by Crippen LogP contribution is -2.48. The fourth-order valence-corrected chi connectivity index (χ4v) is 5.79. The van der Waals surface area contributed by atoms with Gasteiger partial charge >= 0.3 is 0 Å². The van der Waals surface area contributed by atoms with Crippen LogP contribution in [0.4, 0.5) is 0 Å². The highest BCUT2D eigenvalue weighted by Crippen LogP contribution is 2.62. The number of hydrogen-bond acceptors (Lipinski definition) is 2. The van der Waals surface area contributed by atoms with Crippen LogP contribution in [0.25, 0.3) is 0 Å². The minimum absolute atomic E-state index is 0.0866. The maximum atomic E-state index is 12.4. The van der Waals surface area contributed by atoms with Gasteiger partial charge < -0.3 is 0 Å². The highest BCUT2D eigenvalue weighted by molar-refractivity contribution is 5.87. The van der Waals surface area contributed by atoms with Crippen molar-refractivity contribution in [3.05, 3.63) is 23.8 Å². The van der Waals surface area contributed by atoms with Crippen molar-refractivity contribution in [2.45, 2.75) is 65.7 Å². The Morgan fingerprint density at radius 3 is 2.74 bits per heavy atom. The van der Waals surface area contributed by atoms with Crippen LogP contribution in [0.1, 0.15) is 65.7 Å². The van der Waals surface area contributed by atoms with Crippen LogP contribution in [-0.4, -0.2) is 12.1 Å². The molecule has 2 nitrogen and oxygen atoms in total. The van der Waals surface area contributed by atoms with E-state index >= 15 is 0 Å². The van der Waals surface area contributed by atoms with Gasteiger partial charge in [-0.25, -0.2) is 0 Å². The summed E-state index contributed by atoms with van der Waals surface area (Å²) in [6, 6.07) is 0. The van der Waals surface area contributed by atoms with Crippen LogP contribution in [0.15, 0.2) is 23.8 Å². The number of carbonyl (C=O) groups is 2. The average molecular weight is 314 g/mol. The van der Waals surface area contributed by atoms with Gasteiger partial charge in [-0.2, -0.15) is 0 Å². The van der Waals surface area contributed by atoms with E-state index in [1.807, 2.05) is 0 Å². The molecule has 126 valence electrons. The van der Waals surface area contributed by atoms with Crippen LogP contribution in [-0.2, 0) is 9.59 Å². The minimum atomic E-state index is -0.0942. The molecular formula is C21H30O2. The largest absolute Gasteiger partial charge is 0.299 e. The molecule has 0 radical (unpaired) electrons. The molecule has 0 aromatic carbocycles. The van der Waals surface area contributed by atoms with E-state index in [4.69, 9.17) is 0 Å². The highest BCUT2D eigenvalue weighted by Gasteiger charge is 2.57. The lowest BCUT2D eigenvalue weighted by atomic mass is 9.50. The smallest absolute Gasteiger partial charge is 0.143 e. The molecule has 3 aliphatic carbocycles. The van der Waals surface area contributed by atoms with Crippen LogP contribution in [0.5, 0.6) is 0 Å². The summed E-state index contributed by atoms with van der Waals surface area (Å²) < 4.78 is 0. The van der Waals surface area contributed by atoms with Crippen molar-refractivity contribution in [1.82, 2.24) is 0 Å². The maximum Gasteiger partial charge on any atom is 0.143 e. The summed E-state index contributed by atoms with van der Waals surface area (Å²) in [6.45, 7) is 6.80. The van der Waals surface area contributed by atoms with Gasteiger partial charge in [0, 0.05) is 11.8 Å². The third-order valence-electron chi connectivity index (χ3n) is 7.31. The van der Waals surface area contributed by atoms with Crippen molar-refractivity contribution in [1.29, 1.82) is 0 Å². The maximum absolute atomic E-state index is 12.4. The molecule has 0 bridgehead atoms. The van der Waals surface area contributed by atoms with Crippen molar-refractivity contribution < 1.29 is 9.59 Å². The van der Waals surface area contributed by atoms with Gasteiger partial charge in [0.25, 0.3) is 0 Å². The number of aldehydes is 1. The third-order valence-corrected chi connectivity index (χ3v) is 7.31. The average Bonchev–Trinajstić information content (AvgIpc) is 2.84. The first-order chi connectivity index (χ1) is 11.0.